The molecule has 1 saturated heterocycles. The van der Waals surface area contributed by atoms with Crippen molar-refractivity contribution in [2.24, 2.45) is 7.05 Å². The second kappa shape index (κ2) is 7.95. The predicted molar refractivity (Wildman–Crippen MR) is 117 cm³/mol. The van der Waals surface area contributed by atoms with Gasteiger partial charge in [-0.25, -0.2) is 19.3 Å². The molecule has 0 saturated carbocycles. The van der Waals surface area contributed by atoms with E-state index in [0.717, 1.165) is 5.56 Å². The number of aromatic nitrogens is 6. The van der Waals surface area contributed by atoms with E-state index in [1.54, 1.807) is 23.9 Å². The van der Waals surface area contributed by atoms with Gasteiger partial charge in [0.25, 0.3) is 5.56 Å². The van der Waals surface area contributed by atoms with E-state index >= 15 is 0 Å². The zero-order chi connectivity index (χ0) is 22.4. The molecule has 11 heteroatoms. The van der Waals surface area contributed by atoms with Gasteiger partial charge in [0.15, 0.2) is 5.52 Å². The summed E-state index contributed by atoms with van der Waals surface area (Å²) in [5.41, 5.74) is 1.26. The highest BCUT2D eigenvalue weighted by atomic mass is 35.5. The number of aromatic amines is 1. The molecule has 0 amide bonds. The molecule has 3 aromatic heterocycles. The summed E-state index contributed by atoms with van der Waals surface area (Å²) in [5, 5.41) is 4.46. The Labute approximate surface area is 186 Å². The number of aryl methyl sites for hydroxylation is 2. The van der Waals surface area contributed by atoms with Crippen LogP contribution in [-0.4, -0.2) is 49.4 Å². The van der Waals surface area contributed by atoms with Crippen molar-refractivity contribution in [3.05, 3.63) is 63.2 Å². The van der Waals surface area contributed by atoms with E-state index in [1.165, 1.54) is 12.1 Å². The van der Waals surface area contributed by atoms with Crippen LogP contribution in [0.1, 0.15) is 17.5 Å². The first kappa shape index (κ1) is 20.5. The molecule has 4 aromatic rings. The fourth-order valence-corrected chi connectivity index (χ4v) is 3.93. The Morgan fingerprint density at radius 2 is 2.09 bits per heavy atom. The molecule has 5 rings (SSSR count). The quantitative estimate of drug-likeness (QED) is 0.506. The number of hydrogen-bond donors (Lipinski definition) is 1. The highest BCUT2D eigenvalue weighted by molar-refractivity contribution is 6.30. The topological polar surface area (TPSA) is 102 Å². The Balaban J connectivity index is 1.64. The van der Waals surface area contributed by atoms with Crippen LogP contribution in [0, 0.1) is 12.7 Å². The van der Waals surface area contributed by atoms with Gasteiger partial charge < -0.3 is 14.6 Å². The fourth-order valence-electron chi connectivity index (χ4n) is 3.78. The molecule has 4 heterocycles. The number of H-pyrrole nitrogens is 1. The number of nitrogens with one attached hydrogen (secondary N) is 1. The van der Waals surface area contributed by atoms with E-state index in [0.29, 0.717) is 31.5 Å². The monoisotopic (exact) mass is 455 g/mol. The van der Waals surface area contributed by atoms with Gasteiger partial charge in [0.2, 0.25) is 5.95 Å². The number of hydrogen-bond acceptors (Lipinski definition) is 7. The lowest BCUT2D eigenvalue weighted by molar-refractivity contribution is 0.0392. The van der Waals surface area contributed by atoms with Crippen molar-refractivity contribution in [3.8, 4) is 11.3 Å². The van der Waals surface area contributed by atoms with Crippen LogP contribution in [0.3, 0.4) is 0 Å². The largest absolute Gasteiger partial charge is 0.370 e. The molecule has 1 atom stereocenters. The van der Waals surface area contributed by atoms with Gasteiger partial charge in [-0.15, -0.1) is 0 Å². The van der Waals surface area contributed by atoms with E-state index in [-0.39, 0.29) is 33.4 Å². The van der Waals surface area contributed by atoms with Crippen molar-refractivity contribution in [2.45, 2.75) is 13.0 Å². The Hall–Kier alpha value is -3.37. The number of fused-ring (bicyclic) bond motifs is 1. The van der Waals surface area contributed by atoms with E-state index < -0.39 is 11.4 Å². The lowest BCUT2D eigenvalue weighted by Gasteiger charge is -2.32. The Morgan fingerprint density at radius 1 is 1.25 bits per heavy atom. The average Bonchev–Trinajstić information content (AvgIpc) is 3.20. The van der Waals surface area contributed by atoms with Crippen molar-refractivity contribution in [1.29, 1.82) is 0 Å². The van der Waals surface area contributed by atoms with E-state index in [4.69, 9.17) is 16.3 Å². The van der Waals surface area contributed by atoms with Crippen LogP contribution in [-0.2, 0) is 11.8 Å². The van der Waals surface area contributed by atoms with Gasteiger partial charge in [-0.2, -0.15) is 5.10 Å². The molecular formula is C21H19ClFN7O2. The second-order valence-electron chi connectivity index (χ2n) is 7.60. The predicted octanol–water partition coefficient (Wildman–Crippen LogP) is 2.79. The van der Waals surface area contributed by atoms with Gasteiger partial charge in [-0.05, 0) is 25.1 Å². The third-order valence-electron chi connectivity index (χ3n) is 5.29. The molecule has 0 bridgehead atoms. The van der Waals surface area contributed by atoms with Crippen molar-refractivity contribution in [2.75, 3.05) is 24.6 Å². The summed E-state index contributed by atoms with van der Waals surface area (Å²) >= 11 is 5.93. The molecule has 9 nitrogen and oxygen atoms in total. The lowest BCUT2D eigenvalue weighted by atomic mass is 10.1. The zero-order valence-corrected chi connectivity index (χ0v) is 18.1. The van der Waals surface area contributed by atoms with E-state index in [9.17, 15) is 9.18 Å². The normalized spacial score (nSPS) is 16.6. The summed E-state index contributed by atoms with van der Waals surface area (Å²) in [7, 11) is 1.84. The fraction of sp³-hybridized carbons (Fsp3) is 0.286. The van der Waals surface area contributed by atoms with E-state index in [1.807, 2.05) is 18.1 Å². The number of anilines is 1. The van der Waals surface area contributed by atoms with Crippen LogP contribution in [0.15, 0.2) is 35.4 Å². The molecule has 1 aliphatic heterocycles. The van der Waals surface area contributed by atoms with Crippen LogP contribution in [0.25, 0.3) is 22.3 Å². The SMILES string of the molecule is Cc1nc2c(-c3ccc(Cl)cc3F)nc(N3CCOC(c4cnn(C)c4)C3)nc2c(=O)[nH]1. The zero-order valence-electron chi connectivity index (χ0n) is 17.3. The number of rotatable bonds is 3. The van der Waals surface area contributed by atoms with Gasteiger partial charge in [-0.3, -0.25) is 9.48 Å². The summed E-state index contributed by atoms with van der Waals surface area (Å²) in [6.07, 6.45) is 3.41. The van der Waals surface area contributed by atoms with Gasteiger partial charge >= 0.3 is 0 Å². The van der Waals surface area contributed by atoms with Crippen LogP contribution in [0.5, 0.6) is 0 Å². The number of nitrogens with zero attached hydrogens (tertiary/aromatic N) is 6. The van der Waals surface area contributed by atoms with Crippen LogP contribution in [0.4, 0.5) is 10.3 Å². The number of benzene rings is 1. The van der Waals surface area contributed by atoms with Gasteiger partial charge in [0, 0.05) is 35.9 Å². The molecule has 32 heavy (non-hydrogen) atoms. The summed E-state index contributed by atoms with van der Waals surface area (Å²) in [4.78, 5) is 30.8. The Morgan fingerprint density at radius 3 is 2.84 bits per heavy atom. The summed E-state index contributed by atoms with van der Waals surface area (Å²) in [6.45, 7) is 3.06. The maximum Gasteiger partial charge on any atom is 0.277 e. The summed E-state index contributed by atoms with van der Waals surface area (Å²) in [5.74, 6) is 0.131. The van der Waals surface area contributed by atoms with Crippen LogP contribution < -0.4 is 10.5 Å². The molecule has 0 aliphatic carbocycles. The average molecular weight is 456 g/mol. The molecule has 164 valence electrons. The number of ether oxygens (including phenoxy) is 1. The Bertz CT molecular complexity index is 1390. The van der Waals surface area contributed by atoms with Gasteiger partial charge in [-0.1, -0.05) is 11.6 Å². The highest BCUT2D eigenvalue weighted by Crippen LogP contribution is 2.31. The molecular weight excluding hydrogens is 437 g/mol. The molecule has 1 N–H and O–H groups in total. The van der Waals surface area contributed by atoms with Gasteiger partial charge in [0.05, 0.1) is 19.3 Å². The smallest absolute Gasteiger partial charge is 0.277 e. The minimum Gasteiger partial charge on any atom is -0.370 e. The summed E-state index contributed by atoms with van der Waals surface area (Å²) < 4.78 is 22.4. The first-order valence-corrected chi connectivity index (χ1v) is 10.4. The third-order valence-corrected chi connectivity index (χ3v) is 5.53. The molecule has 0 radical (unpaired) electrons. The standard InChI is InChI=1S/C21H19ClFN7O2/c1-11-25-18-17(14-4-3-13(22)7-15(14)23)27-21(28-19(18)20(31)26-11)30-5-6-32-16(10-30)12-8-24-29(2)9-12/h3-4,7-9,16H,5-6,10H2,1-2H3,(H,25,26,31). The highest BCUT2D eigenvalue weighted by Gasteiger charge is 2.27. The van der Waals surface area contributed by atoms with Crippen LogP contribution >= 0.6 is 11.6 Å². The maximum atomic E-state index is 14.8. The van der Waals surface area contributed by atoms with Crippen molar-refractivity contribution in [3.63, 3.8) is 0 Å². The third kappa shape index (κ3) is 3.71. The van der Waals surface area contributed by atoms with Gasteiger partial charge in [0.1, 0.15) is 29.0 Å². The number of morpholine rings is 1. The minimum absolute atomic E-state index is 0.0920. The van der Waals surface area contributed by atoms with Crippen LogP contribution in [0.2, 0.25) is 5.02 Å². The van der Waals surface area contributed by atoms with Crippen molar-refractivity contribution in [1.82, 2.24) is 29.7 Å². The molecule has 1 aliphatic rings. The number of halogens is 2. The van der Waals surface area contributed by atoms with E-state index in [2.05, 4.69) is 25.0 Å². The lowest BCUT2D eigenvalue weighted by Crippen LogP contribution is -2.39. The van der Waals surface area contributed by atoms with Crippen molar-refractivity contribution < 1.29 is 9.13 Å². The maximum absolute atomic E-state index is 14.8. The van der Waals surface area contributed by atoms with Crippen molar-refractivity contribution >= 4 is 28.6 Å². The first-order chi connectivity index (χ1) is 15.4. The molecule has 1 fully saturated rings. The first-order valence-electron chi connectivity index (χ1n) is 9.98. The Kier molecular flexibility index (Phi) is 5.10. The molecule has 1 aromatic carbocycles. The molecule has 1 unspecified atom stereocenters. The summed E-state index contributed by atoms with van der Waals surface area (Å²) in [6, 6.07) is 4.30. The second-order valence-corrected chi connectivity index (χ2v) is 8.03. The minimum atomic E-state index is -0.557. The molecule has 0 spiro atoms.